The molecular weight excluding hydrogens is 202 g/mol. The number of nitrogen functional groups attached to an aromatic ring is 1. The van der Waals surface area contributed by atoms with Crippen LogP contribution in [0.15, 0.2) is 18.3 Å². The number of rotatable bonds is 1. The number of aromatic nitrogens is 1. The van der Waals surface area contributed by atoms with Crippen molar-refractivity contribution in [1.82, 2.24) is 4.98 Å². The van der Waals surface area contributed by atoms with Gasteiger partial charge in [-0.3, -0.25) is 0 Å². The molecule has 1 unspecified atom stereocenters. The van der Waals surface area contributed by atoms with Crippen LogP contribution in [0.1, 0.15) is 6.42 Å². The normalized spacial score (nSPS) is 20.6. The summed E-state index contributed by atoms with van der Waals surface area (Å²) in [5.74, 6) is 0.791. The molecule has 0 bridgehead atoms. The van der Waals surface area contributed by atoms with Crippen LogP contribution < -0.4 is 10.6 Å². The van der Waals surface area contributed by atoms with E-state index in [2.05, 4.69) is 4.98 Å². The van der Waals surface area contributed by atoms with Crippen LogP contribution in [-0.2, 0) is 0 Å². The maximum atomic E-state index is 9.34. The number of nitrogens with two attached hydrogens (primary N) is 1. The predicted molar refractivity (Wildman–Crippen MR) is 58.7 cm³/mol. The van der Waals surface area contributed by atoms with Crippen molar-refractivity contribution >= 4 is 23.9 Å². The minimum absolute atomic E-state index is 0. The minimum Gasteiger partial charge on any atom is -0.396 e. The zero-order valence-corrected chi connectivity index (χ0v) is 8.57. The van der Waals surface area contributed by atoms with Crippen molar-refractivity contribution in [3.8, 4) is 0 Å². The highest BCUT2D eigenvalue weighted by Crippen LogP contribution is 2.23. The molecule has 0 radical (unpaired) electrons. The van der Waals surface area contributed by atoms with Crippen molar-refractivity contribution in [2.45, 2.75) is 12.5 Å². The lowest BCUT2D eigenvalue weighted by Gasteiger charge is -2.17. The molecule has 1 saturated heterocycles. The number of hydrogen-bond acceptors (Lipinski definition) is 4. The second kappa shape index (κ2) is 4.48. The maximum Gasteiger partial charge on any atom is 0.151 e. The number of β-amino-alcohol motifs (C(OH)–C–C–N with tert-alkyl or cyclic N) is 1. The Bertz CT molecular complexity index is 308. The molecule has 0 amide bonds. The van der Waals surface area contributed by atoms with E-state index < -0.39 is 0 Å². The van der Waals surface area contributed by atoms with Crippen LogP contribution in [0.3, 0.4) is 0 Å². The summed E-state index contributed by atoms with van der Waals surface area (Å²) in [7, 11) is 0. The third-order valence-electron chi connectivity index (χ3n) is 2.28. The van der Waals surface area contributed by atoms with Gasteiger partial charge in [-0.1, -0.05) is 0 Å². The van der Waals surface area contributed by atoms with Gasteiger partial charge < -0.3 is 15.7 Å². The number of nitrogens with zero attached hydrogens (tertiary/aromatic N) is 2. The molecule has 0 spiro atoms. The van der Waals surface area contributed by atoms with E-state index in [-0.39, 0.29) is 18.5 Å². The van der Waals surface area contributed by atoms with Crippen LogP contribution in [-0.4, -0.2) is 29.3 Å². The Hall–Kier alpha value is -1.00. The first kappa shape index (κ1) is 11.1. The van der Waals surface area contributed by atoms with Crippen LogP contribution in [0.25, 0.3) is 0 Å². The number of halogens is 1. The Kier molecular flexibility index (Phi) is 3.55. The van der Waals surface area contributed by atoms with Crippen LogP contribution in [0.2, 0.25) is 0 Å². The zero-order chi connectivity index (χ0) is 9.26. The number of hydrogen-bond donors (Lipinski definition) is 2. The molecule has 1 aromatic rings. The summed E-state index contributed by atoms with van der Waals surface area (Å²) in [6.07, 6.45) is 2.29. The van der Waals surface area contributed by atoms with E-state index >= 15 is 0 Å². The lowest BCUT2D eigenvalue weighted by molar-refractivity contribution is 0.198. The molecule has 5 heteroatoms. The maximum absolute atomic E-state index is 9.34. The lowest BCUT2D eigenvalue weighted by atomic mass is 10.3. The van der Waals surface area contributed by atoms with Crippen LogP contribution in [0.4, 0.5) is 11.5 Å². The van der Waals surface area contributed by atoms with Crippen molar-refractivity contribution in [3.05, 3.63) is 18.3 Å². The summed E-state index contributed by atoms with van der Waals surface area (Å²) in [6.45, 7) is 1.48. The highest BCUT2D eigenvalue weighted by molar-refractivity contribution is 5.85. The SMILES string of the molecule is Cl.Nc1cccnc1N1CCC(O)C1. The minimum atomic E-state index is -0.235. The summed E-state index contributed by atoms with van der Waals surface area (Å²) >= 11 is 0. The fourth-order valence-corrected chi connectivity index (χ4v) is 1.61. The first-order chi connectivity index (χ1) is 6.27. The van der Waals surface area contributed by atoms with Crippen LogP contribution >= 0.6 is 12.4 Å². The lowest BCUT2D eigenvalue weighted by Crippen LogP contribution is -2.23. The van der Waals surface area contributed by atoms with Gasteiger partial charge in [0.15, 0.2) is 5.82 Å². The Balaban J connectivity index is 0.000000980. The van der Waals surface area contributed by atoms with Crippen molar-refractivity contribution < 1.29 is 5.11 Å². The molecule has 1 fully saturated rings. The third kappa shape index (κ3) is 2.08. The highest BCUT2D eigenvalue weighted by atomic mass is 35.5. The second-order valence-corrected chi connectivity index (χ2v) is 3.30. The molecule has 14 heavy (non-hydrogen) atoms. The van der Waals surface area contributed by atoms with Gasteiger partial charge in [0.1, 0.15) is 0 Å². The highest BCUT2D eigenvalue weighted by Gasteiger charge is 2.22. The Morgan fingerprint density at radius 2 is 2.36 bits per heavy atom. The fraction of sp³-hybridized carbons (Fsp3) is 0.444. The quantitative estimate of drug-likeness (QED) is 0.723. The Labute approximate surface area is 89.2 Å². The molecule has 0 aliphatic carbocycles. The largest absolute Gasteiger partial charge is 0.396 e. The molecule has 2 rings (SSSR count). The van der Waals surface area contributed by atoms with Crippen LogP contribution in [0.5, 0.6) is 0 Å². The smallest absolute Gasteiger partial charge is 0.151 e. The average molecular weight is 216 g/mol. The van der Waals surface area contributed by atoms with Gasteiger partial charge in [-0.15, -0.1) is 12.4 Å². The summed E-state index contributed by atoms with van der Waals surface area (Å²) < 4.78 is 0. The predicted octanol–water partition coefficient (Wildman–Crippen LogP) is 0.657. The van der Waals surface area contributed by atoms with E-state index in [1.807, 2.05) is 17.0 Å². The molecular formula is C9H14ClN3O. The van der Waals surface area contributed by atoms with E-state index in [1.165, 1.54) is 0 Å². The van der Waals surface area contributed by atoms with Gasteiger partial charge in [0, 0.05) is 19.3 Å². The third-order valence-corrected chi connectivity index (χ3v) is 2.28. The molecule has 1 aromatic heterocycles. The van der Waals surface area contributed by atoms with Crippen molar-refractivity contribution in [2.24, 2.45) is 0 Å². The van der Waals surface area contributed by atoms with Gasteiger partial charge in [-0.2, -0.15) is 0 Å². The van der Waals surface area contributed by atoms with Crippen molar-refractivity contribution in [3.63, 3.8) is 0 Å². The molecule has 1 aliphatic heterocycles. The summed E-state index contributed by atoms with van der Waals surface area (Å²) in [6, 6.07) is 3.64. The molecule has 0 saturated carbocycles. The topological polar surface area (TPSA) is 62.4 Å². The summed E-state index contributed by atoms with van der Waals surface area (Å²) in [4.78, 5) is 6.20. The first-order valence-corrected chi connectivity index (χ1v) is 4.41. The first-order valence-electron chi connectivity index (χ1n) is 4.41. The number of aliphatic hydroxyl groups is 1. The standard InChI is InChI=1S/C9H13N3O.ClH/c10-8-2-1-4-11-9(8)12-5-3-7(13)6-12;/h1-2,4,7,13H,3,5-6,10H2;1H. The van der Waals surface area contributed by atoms with E-state index in [0.717, 1.165) is 18.8 Å². The number of pyridine rings is 1. The van der Waals surface area contributed by atoms with Gasteiger partial charge in [0.2, 0.25) is 0 Å². The molecule has 0 aromatic carbocycles. The molecule has 78 valence electrons. The average Bonchev–Trinajstić information content (AvgIpc) is 2.53. The molecule has 1 aliphatic rings. The van der Waals surface area contributed by atoms with E-state index in [9.17, 15) is 5.11 Å². The Morgan fingerprint density at radius 1 is 1.57 bits per heavy atom. The van der Waals surface area contributed by atoms with Gasteiger partial charge in [-0.05, 0) is 18.6 Å². The van der Waals surface area contributed by atoms with Crippen molar-refractivity contribution in [2.75, 3.05) is 23.7 Å². The fourth-order valence-electron chi connectivity index (χ4n) is 1.61. The summed E-state index contributed by atoms with van der Waals surface area (Å²) in [5, 5.41) is 9.34. The van der Waals surface area contributed by atoms with E-state index in [4.69, 9.17) is 5.73 Å². The zero-order valence-electron chi connectivity index (χ0n) is 7.76. The number of aliphatic hydroxyl groups excluding tert-OH is 1. The Morgan fingerprint density at radius 3 is 2.93 bits per heavy atom. The monoisotopic (exact) mass is 215 g/mol. The van der Waals surface area contributed by atoms with Gasteiger partial charge in [0.05, 0.1) is 11.8 Å². The molecule has 1 atom stereocenters. The summed E-state index contributed by atoms with van der Waals surface area (Å²) in [5.41, 5.74) is 6.44. The van der Waals surface area contributed by atoms with Gasteiger partial charge in [0.25, 0.3) is 0 Å². The molecule has 4 nitrogen and oxygen atoms in total. The number of anilines is 2. The molecule has 3 N–H and O–H groups in total. The van der Waals surface area contributed by atoms with E-state index in [1.54, 1.807) is 6.20 Å². The van der Waals surface area contributed by atoms with Crippen LogP contribution in [0, 0.1) is 0 Å². The van der Waals surface area contributed by atoms with E-state index in [0.29, 0.717) is 12.2 Å². The molecule has 2 heterocycles. The van der Waals surface area contributed by atoms with Crippen molar-refractivity contribution in [1.29, 1.82) is 0 Å². The second-order valence-electron chi connectivity index (χ2n) is 3.30. The van der Waals surface area contributed by atoms with Gasteiger partial charge >= 0.3 is 0 Å². The van der Waals surface area contributed by atoms with Gasteiger partial charge in [-0.25, -0.2) is 4.98 Å².